The van der Waals surface area contributed by atoms with Gasteiger partial charge in [-0.05, 0) is 61.3 Å². The molecule has 0 aromatic heterocycles. The monoisotopic (exact) mass is 231 g/mol. The van der Waals surface area contributed by atoms with Crippen molar-refractivity contribution in [2.75, 3.05) is 13.7 Å². The Morgan fingerprint density at radius 3 is 2.94 bits per heavy atom. The van der Waals surface area contributed by atoms with Crippen LogP contribution in [0.25, 0.3) is 0 Å². The average molecular weight is 231 g/mol. The minimum atomic E-state index is 0.713. The Bertz CT molecular complexity index is 398. The summed E-state index contributed by atoms with van der Waals surface area (Å²) in [5, 5.41) is 3.66. The van der Waals surface area contributed by atoms with E-state index in [0.717, 1.165) is 18.3 Å². The smallest absolute Gasteiger partial charge is 0.119 e. The summed E-state index contributed by atoms with van der Waals surface area (Å²) >= 11 is 0. The number of nitrogens with one attached hydrogen (secondary N) is 1. The van der Waals surface area contributed by atoms with Crippen molar-refractivity contribution in [2.24, 2.45) is 0 Å². The van der Waals surface area contributed by atoms with Gasteiger partial charge in [0, 0.05) is 12.6 Å². The maximum Gasteiger partial charge on any atom is 0.119 e. The highest BCUT2D eigenvalue weighted by Gasteiger charge is 2.25. The summed E-state index contributed by atoms with van der Waals surface area (Å²) in [6.07, 6.45) is 6.62. The van der Waals surface area contributed by atoms with Crippen molar-refractivity contribution >= 4 is 0 Å². The average Bonchev–Trinajstić information content (AvgIpc) is 3.19. The largest absolute Gasteiger partial charge is 0.497 e. The molecule has 2 aliphatic rings. The first-order valence-electron chi connectivity index (χ1n) is 6.77. The van der Waals surface area contributed by atoms with Crippen molar-refractivity contribution in [3.63, 3.8) is 0 Å². The standard InChI is InChI=1S/C15H21NO/c1-17-14-7-8-15-11(9-14)3-2-4-12(15)10-16-13-5-6-13/h7-9,12-13,16H,2-6,10H2,1H3. The van der Waals surface area contributed by atoms with Crippen molar-refractivity contribution in [3.8, 4) is 5.75 Å². The van der Waals surface area contributed by atoms with Gasteiger partial charge in [-0.25, -0.2) is 0 Å². The van der Waals surface area contributed by atoms with E-state index in [-0.39, 0.29) is 0 Å². The normalized spacial score (nSPS) is 23.2. The molecule has 1 unspecified atom stereocenters. The molecule has 1 aromatic carbocycles. The van der Waals surface area contributed by atoms with Crippen LogP contribution in [0.15, 0.2) is 18.2 Å². The fourth-order valence-electron chi connectivity index (χ4n) is 2.83. The van der Waals surface area contributed by atoms with Gasteiger partial charge in [0.2, 0.25) is 0 Å². The minimum absolute atomic E-state index is 0.713. The Kier molecular flexibility index (Phi) is 3.06. The first-order chi connectivity index (χ1) is 8.36. The van der Waals surface area contributed by atoms with Crippen LogP contribution in [0, 0.1) is 0 Å². The number of fused-ring (bicyclic) bond motifs is 1. The first kappa shape index (κ1) is 11.1. The maximum atomic E-state index is 5.31. The topological polar surface area (TPSA) is 21.3 Å². The SMILES string of the molecule is COc1ccc2c(c1)CCCC2CNC1CC1. The summed E-state index contributed by atoms with van der Waals surface area (Å²) in [5.74, 6) is 1.71. The van der Waals surface area contributed by atoms with E-state index >= 15 is 0 Å². The highest BCUT2D eigenvalue weighted by molar-refractivity contribution is 5.39. The molecule has 0 bridgehead atoms. The van der Waals surface area contributed by atoms with Crippen molar-refractivity contribution in [1.29, 1.82) is 0 Å². The number of aryl methyl sites for hydroxylation is 1. The van der Waals surface area contributed by atoms with E-state index in [4.69, 9.17) is 4.74 Å². The lowest BCUT2D eigenvalue weighted by Gasteiger charge is -2.26. The van der Waals surface area contributed by atoms with E-state index in [1.807, 2.05) is 0 Å². The Hall–Kier alpha value is -1.02. The third-order valence-electron chi connectivity index (χ3n) is 4.02. The van der Waals surface area contributed by atoms with Crippen LogP contribution in [-0.2, 0) is 6.42 Å². The van der Waals surface area contributed by atoms with Crippen molar-refractivity contribution in [2.45, 2.75) is 44.1 Å². The van der Waals surface area contributed by atoms with E-state index in [2.05, 4.69) is 23.5 Å². The van der Waals surface area contributed by atoms with Crippen molar-refractivity contribution < 1.29 is 4.74 Å². The molecule has 1 fully saturated rings. The van der Waals surface area contributed by atoms with Gasteiger partial charge in [0.15, 0.2) is 0 Å². The molecule has 1 atom stereocenters. The molecule has 0 saturated heterocycles. The fourth-order valence-corrected chi connectivity index (χ4v) is 2.83. The predicted molar refractivity (Wildman–Crippen MR) is 69.7 cm³/mol. The Labute approximate surface area is 103 Å². The number of rotatable bonds is 4. The molecule has 0 amide bonds. The molecule has 3 rings (SSSR count). The Balaban J connectivity index is 1.75. The molecule has 0 spiro atoms. The van der Waals surface area contributed by atoms with Gasteiger partial charge in [-0.2, -0.15) is 0 Å². The van der Waals surface area contributed by atoms with Gasteiger partial charge in [-0.15, -0.1) is 0 Å². The molecule has 0 aliphatic heterocycles. The van der Waals surface area contributed by atoms with Crippen molar-refractivity contribution in [1.82, 2.24) is 5.32 Å². The van der Waals surface area contributed by atoms with Crippen LogP contribution in [0.3, 0.4) is 0 Å². The van der Waals surface area contributed by atoms with Gasteiger partial charge in [0.05, 0.1) is 7.11 Å². The quantitative estimate of drug-likeness (QED) is 0.860. The molecule has 17 heavy (non-hydrogen) atoms. The van der Waals surface area contributed by atoms with Crippen LogP contribution >= 0.6 is 0 Å². The first-order valence-corrected chi connectivity index (χ1v) is 6.77. The summed E-state index contributed by atoms with van der Waals surface area (Å²) in [6, 6.07) is 7.41. The van der Waals surface area contributed by atoms with E-state index in [0.29, 0.717) is 5.92 Å². The highest BCUT2D eigenvalue weighted by atomic mass is 16.5. The molecule has 2 heteroatoms. The van der Waals surface area contributed by atoms with E-state index in [9.17, 15) is 0 Å². The van der Waals surface area contributed by atoms with Crippen LogP contribution in [0.2, 0.25) is 0 Å². The van der Waals surface area contributed by atoms with Gasteiger partial charge in [-0.3, -0.25) is 0 Å². The molecule has 1 saturated carbocycles. The van der Waals surface area contributed by atoms with Gasteiger partial charge in [-0.1, -0.05) is 6.07 Å². The summed E-state index contributed by atoms with van der Waals surface area (Å²) in [7, 11) is 1.75. The van der Waals surface area contributed by atoms with Gasteiger partial charge in [0.25, 0.3) is 0 Å². The van der Waals surface area contributed by atoms with Crippen molar-refractivity contribution in [3.05, 3.63) is 29.3 Å². The molecule has 2 nitrogen and oxygen atoms in total. The number of methoxy groups -OCH3 is 1. The van der Waals surface area contributed by atoms with Gasteiger partial charge in [0.1, 0.15) is 5.75 Å². The third kappa shape index (κ3) is 2.47. The lowest BCUT2D eigenvalue weighted by molar-refractivity contribution is 0.412. The zero-order valence-electron chi connectivity index (χ0n) is 10.5. The van der Waals surface area contributed by atoms with E-state index < -0.39 is 0 Å². The lowest BCUT2D eigenvalue weighted by Crippen LogP contribution is -2.26. The van der Waals surface area contributed by atoms with Crippen LogP contribution in [0.5, 0.6) is 5.75 Å². The summed E-state index contributed by atoms with van der Waals surface area (Å²) < 4.78 is 5.31. The predicted octanol–water partition coefficient (Wildman–Crippen LogP) is 2.87. The van der Waals surface area contributed by atoms with Gasteiger partial charge >= 0.3 is 0 Å². The van der Waals surface area contributed by atoms with E-state index in [1.54, 1.807) is 12.7 Å². The summed E-state index contributed by atoms with van der Waals surface area (Å²) in [4.78, 5) is 0. The number of hydrogen-bond acceptors (Lipinski definition) is 2. The maximum absolute atomic E-state index is 5.31. The van der Waals surface area contributed by atoms with Crippen LogP contribution in [0.4, 0.5) is 0 Å². The van der Waals surface area contributed by atoms with Crippen LogP contribution in [-0.4, -0.2) is 19.7 Å². The van der Waals surface area contributed by atoms with Crippen LogP contribution < -0.4 is 10.1 Å². The molecule has 0 radical (unpaired) electrons. The lowest BCUT2D eigenvalue weighted by atomic mass is 9.82. The Morgan fingerprint density at radius 1 is 1.29 bits per heavy atom. The summed E-state index contributed by atoms with van der Waals surface area (Å²) in [6.45, 7) is 1.16. The fraction of sp³-hybridized carbons (Fsp3) is 0.600. The van der Waals surface area contributed by atoms with Gasteiger partial charge < -0.3 is 10.1 Å². The minimum Gasteiger partial charge on any atom is -0.497 e. The second-order valence-corrected chi connectivity index (χ2v) is 5.34. The molecule has 0 heterocycles. The summed E-state index contributed by atoms with van der Waals surface area (Å²) in [5.41, 5.74) is 3.04. The number of ether oxygens (including phenoxy) is 1. The molecular formula is C15H21NO. The second kappa shape index (κ2) is 4.69. The molecule has 1 N–H and O–H groups in total. The molecular weight excluding hydrogens is 210 g/mol. The zero-order valence-corrected chi connectivity index (χ0v) is 10.5. The van der Waals surface area contributed by atoms with Crippen LogP contribution in [0.1, 0.15) is 42.7 Å². The Morgan fingerprint density at radius 2 is 2.18 bits per heavy atom. The third-order valence-corrected chi connectivity index (χ3v) is 4.02. The number of hydrogen-bond donors (Lipinski definition) is 1. The zero-order chi connectivity index (χ0) is 11.7. The second-order valence-electron chi connectivity index (χ2n) is 5.34. The molecule has 1 aromatic rings. The van der Waals surface area contributed by atoms with E-state index in [1.165, 1.54) is 37.7 Å². The number of benzene rings is 1. The molecule has 92 valence electrons. The highest BCUT2D eigenvalue weighted by Crippen LogP contribution is 2.34. The molecule has 2 aliphatic carbocycles.